The SMILES string of the molecule is Cc1ccccc1[C@H](N)CC(=O)O.Cl. The summed E-state index contributed by atoms with van der Waals surface area (Å²) in [4.78, 5) is 10.4. The summed E-state index contributed by atoms with van der Waals surface area (Å²) < 4.78 is 0. The number of hydrogen-bond acceptors (Lipinski definition) is 2. The van der Waals surface area contributed by atoms with E-state index in [0.717, 1.165) is 11.1 Å². The molecule has 0 unspecified atom stereocenters. The van der Waals surface area contributed by atoms with Crippen molar-refractivity contribution in [3.05, 3.63) is 35.4 Å². The lowest BCUT2D eigenvalue weighted by Gasteiger charge is -2.11. The van der Waals surface area contributed by atoms with Gasteiger partial charge < -0.3 is 10.8 Å². The highest BCUT2D eigenvalue weighted by Crippen LogP contribution is 2.17. The number of hydrogen-bond donors (Lipinski definition) is 2. The molecule has 1 atom stereocenters. The number of benzene rings is 1. The number of carboxylic acid groups (broad SMARTS) is 1. The van der Waals surface area contributed by atoms with E-state index in [1.165, 1.54) is 0 Å². The third-order valence-electron chi connectivity index (χ3n) is 1.98. The molecule has 0 radical (unpaired) electrons. The minimum absolute atomic E-state index is 0. The van der Waals surface area contributed by atoms with Crippen molar-refractivity contribution in [2.75, 3.05) is 0 Å². The van der Waals surface area contributed by atoms with Gasteiger partial charge in [0.25, 0.3) is 0 Å². The Hall–Kier alpha value is -1.06. The standard InChI is InChI=1S/C10H13NO2.ClH/c1-7-4-2-3-5-8(7)9(11)6-10(12)13;/h2-5,9H,6,11H2,1H3,(H,12,13);1H/t9-;/m1./s1. The van der Waals surface area contributed by atoms with Gasteiger partial charge in [0.1, 0.15) is 0 Å². The van der Waals surface area contributed by atoms with Crippen molar-refractivity contribution in [2.45, 2.75) is 19.4 Å². The summed E-state index contributed by atoms with van der Waals surface area (Å²) in [7, 11) is 0. The van der Waals surface area contributed by atoms with E-state index in [1.807, 2.05) is 31.2 Å². The van der Waals surface area contributed by atoms with Crippen LogP contribution in [0.4, 0.5) is 0 Å². The summed E-state index contributed by atoms with van der Waals surface area (Å²) in [6.45, 7) is 1.93. The van der Waals surface area contributed by atoms with E-state index in [9.17, 15) is 4.79 Å². The normalized spacial score (nSPS) is 11.6. The Kier molecular flexibility index (Phi) is 5.20. The van der Waals surface area contributed by atoms with Crippen LogP contribution in [-0.4, -0.2) is 11.1 Å². The quantitative estimate of drug-likeness (QED) is 0.810. The summed E-state index contributed by atoms with van der Waals surface area (Å²) in [5.41, 5.74) is 7.66. The molecular formula is C10H14ClNO2. The summed E-state index contributed by atoms with van der Waals surface area (Å²) >= 11 is 0. The highest BCUT2D eigenvalue weighted by atomic mass is 35.5. The Bertz CT molecular complexity index is 315. The van der Waals surface area contributed by atoms with Crippen LogP contribution in [0, 0.1) is 6.92 Å². The summed E-state index contributed by atoms with van der Waals surface area (Å²) in [6.07, 6.45) is -0.0230. The monoisotopic (exact) mass is 215 g/mol. The minimum Gasteiger partial charge on any atom is -0.481 e. The van der Waals surface area contributed by atoms with Gasteiger partial charge in [-0.3, -0.25) is 4.79 Å². The van der Waals surface area contributed by atoms with E-state index in [-0.39, 0.29) is 18.8 Å². The molecular weight excluding hydrogens is 202 g/mol. The van der Waals surface area contributed by atoms with Gasteiger partial charge in [0.05, 0.1) is 6.42 Å². The highest BCUT2D eigenvalue weighted by Gasteiger charge is 2.11. The first kappa shape index (κ1) is 12.9. The van der Waals surface area contributed by atoms with Crippen molar-refractivity contribution in [1.82, 2.24) is 0 Å². The van der Waals surface area contributed by atoms with Crippen molar-refractivity contribution < 1.29 is 9.90 Å². The summed E-state index contributed by atoms with van der Waals surface area (Å²) in [6, 6.07) is 7.16. The molecule has 0 aliphatic rings. The maximum atomic E-state index is 10.4. The average molecular weight is 216 g/mol. The Labute approximate surface area is 89.3 Å². The predicted octanol–water partition coefficient (Wildman–Crippen LogP) is 1.89. The number of halogens is 1. The summed E-state index contributed by atoms with van der Waals surface area (Å²) in [5, 5.41) is 8.56. The first-order valence-corrected chi connectivity index (χ1v) is 4.14. The average Bonchev–Trinajstić information content (AvgIpc) is 2.03. The fourth-order valence-electron chi connectivity index (χ4n) is 1.30. The Morgan fingerprint density at radius 3 is 2.57 bits per heavy atom. The number of aliphatic carboxylic acids is 1. The van der Waals surface area contributed by atoms with Gasteiger partial charge in [-0.15, -0.1) is 12.4 Å². The molecule has 1 aromatic rings. The fourth-order valence-corrected chi connectivity index (χ4v) is 1.30. The molecule has 0 heterocycles. The van der Waals surface area contributed by atoms with Crippen LogP contribution in [0.3, 0.4) is 0 Å². The fraction of sp³-hybridized carbons (Fsp3) is 0.300. The Balaban J connectivity index is 0.00000169. The van der Waals surface area contributed by atoms with Crippen LogP contribution in [0.1, 0.15) is 23.6 Å². The molecule has 1 rings (SSSR count). The van der Waals surface area contributed by atoms with Crippen LogP contribution in [0.5, 0.6) is 0 Å². The number of rotatable bonds is 3. The van der Waals surface area contributed by atoms with Crippen LogP contribution < -0.4 is 5.73 Å². The lowest BCUT2D eigenvalue weighted by atomic mass is 10.00. The molecule has 0 saturated heterocycles. The minimum atomic E-state index is -0.865. The van der Waals surface area contributed by atoms with Crippen LogP contribution in [0.2, 0.25) is 0 Å². The number of carbonyl (C=O) groups is 1. The first-order chi connectivity index (χ1) is 6.11. The van der Waals surface area contributed by atoms with E-state index < -0.39 is 12.0 Å². The van der Waals surface area contributed by atoms with Gasteiger partial charge in [0.15, 0.2) is 0 Å². The van der Waals surface area contributed by atoms with Crippen molar-refractivity contribution in [3.63, 3.8) is 0 Å². The smallest absolute Gasteiger partial charge is 0.305 e. The maximum Gasteiger partial charge on any atom is 0.305 e. The van der Waals surface area contributed by atoms with Crippen molar-refractivity contribution >= 4 is 18.4 Å². The van der Waals surface area contributed by atoms with Crippen LogP contribution in [-0.2, 0) is 4.79 Å². The molecule has 0 aromatic heterocycles. The zero-order valence-electron chi connectivity index (χ0n) is 7.93. The third kappa shape index (κ3) is 3.36. The van der Waals surface area contributed by atoms with E-state index >= 15 is 0 Å². The molecule has 4 heteroatoms. The molecule has 1 aromatic carbocycles. The van der Waals surface area contributed by atoms with Crippen molar-refractivity contribution in [2.24, 2.45) is 5.73 Å². The zero-order valence-corrected chi connectivity index (χ0v) is 8.75. The van der Waals surface area contributed by atoms with E-state index in [0.29, 0.717) is 0 Å². The van der Waals surface area contributed by atoms with Gasteiger partial charge in [0.2, 0.25) is 0 Å². The largest absolute Gasteiger partial charge is 0.481 e. The maximum absolute atomic E-state index is 10.4. The van der Waals surface area contributed by atoms with Gasteiger partial charge in [0, 0.05) is 6.04 Å². The number of aryl methyl sites for hydroxylation is 1. The van der Waals surface area contributed by atoms with Gasteiger partial charge in [-0.2, -0.15) is 0 Å². The van der Waals surface area contributed by atoms with Gasteiger partial charge in [-0.25, -0.2) is 0 Å². The molecule has 3 nitrogen and oxygen atoms in total. The molecule has 0 spiro atoms. The number of nitrogens with two attached hydrogens (primary N) is 1. The topological polar surface area (TPSA) is 63.3 Å². The predicted molar refractivity (Wildman–Crippen MR) is 57.6 cm³/mol. The second-order valence-electron chi connectivity index (χ2n) is 3.06. The van der Waals surface area contributed by atoms with Crippen molar-refractivity contribution in [1.29, 1.82) is 0 Å². The lowest BCUT2D eigenvalue weighted by molar-refractivity contribution is -0.137. The van der Waals surface area contributed by atoms with Gasteiger partial charge in [-0.1, -0.05) is 24.3 Å². The Morgan fingerprint density at radius 1 is 1.50 bits per heavy atom. The molecule has 14 heavy (non-hydrogen) atoms. The van der Waals surface area contributed by atoms with E-state index in [4.69, 9.17) is 10.8 Å². The van der Waals surface area contributed by atoms with Crippen LogP contribution in [0.15, 0.2) is 24.3 Å². The molecule has 3 N–H and O–H groups in total. The molecule has 0 bridgehead atoms. The second-order valence-corrected chi connectivity index (χ2v) is 3.06. The molecule has 0 saturated carbocycles. The van der Waals surface area contributed by atoms with Gasteiger partial charge in [-0.05, 0) is 18.1 Å². The zero-order chi connectivity index (χ0) is 9.84. The molecule has 78 valence electrons. The Morgan fingerprint density at radius 2 is 2.07 bits per heavy atom. The van der Waals surface area contributed by atoms with Crippen molar-refractivity contribution in [3.8, 4) is 0 Å². The molecule has 0 aliphatic carbocycles. The van der Waals surface area contributed by atoms with Crippen LogP contribution >= 0.6 is 12.4 Å². The van der Waals surface area contributed by atoms with E-state index in [2.05, 4.69) is 0 Å². The first-order valence-electron chi connectivity index (χ1n) is 4.14. The second kappa shape index (κ2) is 5.62. The molecule has 0 aliphatic heterocycles. The van der Waals surface area contributed by atoms with E-state index in [1.54, 1.807) is 0 Å². The van der Waals surface area contributed by atoms with Gasteiger partial charge >= 0.3 is 5.97 Å². The summed E-state index contributed by atoms with van der Waals surface area (Å²) in [5.74, 6) is -0.865. The lowest BCUT2D eigenvalue weighted by Crippen LogP contribution is -2.15. The molecule has 0 amide bonds. The number of carboxylic acids is 1. The highest BCUT2D eigenvalue weighted by molar-refractivity contribution is 5.85. The van der Waals surface area contributed by atoms with Crippen LogP contribution in [0.25, 0.3) is 0 Å². The third-order valence-corrected chi connectivity index (χ3v) is 1.98. The molecule has 0 fully saturated rings.